The van der Waals surface area contributed by atoms with E-state index in [1.165, 1.54) is 39.0 Å². The largest absolute Gasteiger partial charge is 0.492 e. The first-order valence-electron chi connectivity index (χ1n) is 10.6. The van der Waals surface area contributed by atoms with Gasteiger partial charge in [0.25, 0.3) is 0 Å². The molecule has 1 unspecified atom stereocenters. The van der Waals surface area contributed by atoms with Crippen LogP contribution < -0.4 is 25.0 Å². The lowest BCUT2D eigenvalue weighted by atomic mass is 9.95. The van der Waals surface area contributed by atoms with Crippen molar-refractivity contribution in [1.29, 1.82) is 0 Å². The number of aliphatic carboxylic acids is 1. The molecule has 10 heteroatoms. The summed E-state index contributed by atoms with van der Waals surface area (Å²) in [5.74, 6) is -1.96. The molecule has 0 spiro atoms. The first-order chi connectivity index (χ1) is 16.7. The second-order valence-corrected chi connectivity index (χ2v) is 8.49. The number of carbonyl (C=O) groups is 3. The molecule has 0 aromatic heterocycles. The number of benzene rings is 1. The lowest BCUT2D eigenvalue weighted by molar-refractivity contribution is -0.133. The molecule has 0 saturated carbocycles. The standard InChI is InChI=1S/C25H25NO8S/c1-13(27)26-17-7-5-14-11-19(34-22(31)10-9-21(29)30)24(32-2)25(33-3)23(14)15-6-8-20(35-4)18(28)12-16(15)17/h6,8-12,17H,5,7H2,1-4H3,(H,26,27)(H,29,30)/b10-9-. The Morgan fingerprint density at radius 1 is 1.11 bits per heavy atom. The minimum Gasteiger partial charge on any atom is -0.492 e. The SMILES string of the molecule is COc1c(OC(=O)/C=C\C(=O)O)cc2c(c1OC)-c1ccc(SC)c(=O)cc1C(NC(C)=O)CC2. The molecule has 0 saturated heterocycles. The first-order valence-corrected chi connectivity index (χ1v) is 11.8. The number of hydrogen-bond acceptors (Lipinski definition) is 8. The lowest BCUT2D eigenvalue weighted by Gasteiger charge is -2.19. The van der Waals surface area contributed by atoms with E-state index in [4.69, 9.17) is 19.3 Å². The van der Waals surface area contributed by atoms with Crippen molar-refractivity contribution in [1.82, 2.24) is 5.32 Å². The number of esters is 1. The molecule has 1 atom stereocenters. The van der Waals surface area contributed by atoms with E-state index in [0.29, 0.717) is 40.5 Å². The van der Waals surface area contributed by atoms with Gasteiger partial charge in [-0.2, -0.15) is 0 Å². The van der Waals surface area contributed by atoms with Crippen molar-refractivity contribution in [2.24, 2.45) is 0 Å². The minimum absolute atomic E-state index is 0.0530. The highest BCUT2D eigenvalue weighted by molar-refractivity contribution is 7.98. The predicted molar refractivity (Wildman–Crippen MR) is 130 cm³/mol. The molecular formula is C25H25NO8S. The van der Waals surface area contributed by atoms with Crippen LogP contribution >= 0.6 is 11.8 Å². The van der Waals surface area contributed by atoms with Gasteiger partial charge in [-0.3, -0.25) is 9.59 Å². The van der Waals surface area contributed by atoms with Gasteiger partial charge in [-0.15, -0.1) is 11.8 Å². The maximum atomic E-state index is 12.8. The van der Waals surface area contributed by atoms with Crippen LogP contribution in [0.3, 0.4) is 0 Å². The van der Waals surface area contributed by atoms with Crippen molar-refractivity contribution in [3.8, 4) is 28.4 Å². The average molecular weight is 500 g/mol. The van der Waals surface area contributed by atoms with Crippen LogP contribution in [0.4, 0.5) is 0 Å². The van der Waals surface area contributed by atoms with Crippen molar-refractivity contribution in [3.05, 3.63) is 57.8 Å². The number of amides is 1. The normalized spacial score (nSPS) is 14.3. The van der Waals surface area contributed by atoms with Crippen LogP contribution in [0.2, 0.25) is 0 Å². The molecule has 1 aliphatic rings. The number of carbonyl (C=O) groups excluding carboxylic acids is 2. The first kappa shape index (κ1) is 25.8. The number of carboxylic acids is 1. The Kier molecular flexibility index (Phi) is 8.18. The second-order valence-electron chi connectivity index (χ2n) is 7.64. The molecule has 0 aliphatic heterocycles. The van der Waals surface area contributed by atoms with E-state index in [2.05, 4.69) is 5.32 Å². The van der Waals surface area contributed by atoms with Gasteiger partial charge in [0.1, 0.15) is 0 Å². The Morgan fingerprint density at radius 3 is 2.43 bits per heavy atom. The summed E-state index contributed by atoms with van der Waals surface area (Å²) in [6, 6.07) is 6.26. The highest BCUT2D eigenvalue weighted by Gasteiger charge is 2.30. The summed E-state index contributed by atoms with van der Waals surface area (Å²) in [4.78, 5) is 48.3. The molecule has 9 nitrogen and oxygen atoms in total. The fourth-order valence-electron chi connectivity index (χ4n) is 4.07. The number of nitrogens with one attached hydrogen (secondary N) is 1. The second kappa shape index (κ2) is 11.1. The summed E-state index contributed by atoms with van der Waals surface area (Å²) >= 11 is 1.32. The maximum absolute atomic E-state index is 12.8. The Hall–Kier alpha value is -3.79. The van der Waals surface area contributed by atoms with Gasteiger partial charge in [0.15, 0.2) is 16.9 Å². The third kappa shape index (κ3) is 5.65. The van der Waals surface area contributed by atoms with Gasteiger partial charge in [0.05, 0.1) is 25.2 Å². The number of ether oxygens (including phenoxy) is 3. The van der Waals surface area contributed by atoms with Gasteiger partial charge in [-0.1, -0.05) is 6.07 Å². The number of rotatable bonds is 7. The molecule has 2 aromatic carbocycles. The molecule has 1 amide bonds. The van der Waals surface area contributed by atoms with Crippen molar-refractivity contribution in [2.75, 3.05) is 20.5 Å². The fourth-order valence-corrected chi connectivity index (χ4v) is 4.53. The molecule has 184 valence electrons. The van der Waals surface area contributed by atoms with E-state index in [9.17, 15) is 19.2 Å². The zero-order valence-electron chi connectivity index (χ0n) is 19.7. The monoisotopic (exact) mass is 499 g/mol. The van der Waals surface area contributed by atoms with Crippen molar-refractivity contribution in [3.63, 3.8) is 0 Å². The molecule has 3 rings (SSSR count). The van der Waals surface area contributed by atoms with Crippen LogP contribution in [0.25, 0.3) is 11.1 Å². The summed E-state index contributed by atoms with van der Waals surface area (Å²) in [6.07, 6.45) is 4.21. The van der Waals surface area contributed by atoms with E-state index < -0.39 is 18.0 Å². The lowest BCUT2D eigenvalue weighted by Crippen LogP contribution is -2.26. The zero-order chi connectivity index (χ0) is 25.7. The zero-order valence-corrected chi connectivity index (χ0v) is 20.5. The Bertz CT molecular complexity index is 1270. The van der Waals surface area contributed by atoms with Gasteiger partial charge < -0.3 is 24.6 Å². The van der Waals surface area contributed by atoms with Gasteiger partial charge in [0.2, 0.25) is 11.7 Å². The minimum atomic E-state index is -1.29. The quantitative estimate of drug-likeness (QED) is 0.256. The Labute approximate surface area is 206 Å². The van der Waals surface area contributed by atoms with E-state index in [1.807, 2.05) is 12.3 Å². The van der Waals surface area contributed by atoms with E-state index in [-0.39, 0.29) is 28.6 Å². The van der Waals surface area contributed by atoms with E-state index >= 15 is 0 Å². The highest BCUT2D eigenvalue weighted by Crippen LogP contribution is 2.50. The van der Waals surface area contributed by atoms with Crippen LogP contribution in [-0.4, -0.2) is 43.4 Å². The Morgan fingerprint density at radius 2 is 1.83 bits per heavy atom. The smallest absolute Gasteiger partial charge is 0.336 e. The van der Waals surface area contributed by atoms with E-state index in [1.54, 1.807) is 12.1 Å². The summed E-state index contributed by atoms with van der Waals surface area (Å²) in [5, 5.41) is 11.7. The number of carboxylic acid groups (broad SMARTS) is 1. The van der Waals surface area contributed by atoms with Crippen LogP contribution in [0, 0.1) is 0 Å². The van der Waals surface area contributed by atoms with Gasteiger partial charge in [-0.25, -0.2) is 9.59 Å². The average Bonchev–Trinajstić information content (AvgIpc) is 3.05. The third-order valence-corrected chi connectivity index (χ3v) is 6.23. The van der Waals surface area contributed by atoms with Crippen molar-refractivity contribution >= 4 is 29.6 Å². The van der Waals surface area contributed by atoms with Crippen LogP contribution in [0.1, 0.15) is 30.5 Å². The number of methoxy groups -OCH3 is 2. The Balaban J connectivity index is 2.29. The van der Waals surface area contributed by atoms with Gasteiger partial charge >= 0.3 is 11.9 Å². The van der Waals surface area contributed by atoms with Crippen LogP contribution in [0.15, 0.2) is 46.1 Å². The van der Waals surface area contributed by atoms with Crippen molar-refractivity contribution in [2.45, 2.75) is 30.7 Å². The van der Waals surface area contributed by atoms with Gasteiger partial charge in [-0.05, 0) is 54.0 Å². The van der Waals surface area contributed by atoms with Gasteiger partial charge in [0, 0.05) is 24.6 Å². The topological polar surface area (TPSA) is 128 Å². The van der Waals surface area contributed by atoms with Crippen LogP contribution in [0.5, 0.6) is 17.2 Å². The number of aryl methyl sites for hydroxylation is 1. The summed E-state index contributed by atoms with van der Waals surface area (Å²) < 4.78 is 16.6. The molecule has 0 bridgehead atoms. The van der Waals surface area contributed by atoms with E-state index in [0.717, 1.165) is 11.6 Å². The highest BCUT2D eigenvalue weighted by atomic mass is 32.2. The predicted octanol–water partition coefficient (Wildman–Crippen LogP) is 3.12. The number of thioether (sulfide) groups is 1. The molecule has 1 aliphatic carbocycles. The molecule has 0 heterocycles. The molecule has 2 N–H and O–H groups in total. The van der Waals surface area contributed by atoms with Crippen LogP contribution in [-0.2, 0) is 20.8 Å². The molecule has 35 heavy (non-hydrogen) atoms. The molecule has 2 aromatic rings. The fraction of sp³-hybridized carbons (Fsp3) is 0.280. The maximum Gasteiger partial charge on any atom is 0.336 e. The summed E-state index contributed by atoms with van der Waals surface area (Å²) in [6.45, 7) is 1.41. The third-order valence-electron chi connectivity index (χ3n) is 5.45. The van der Waals surface area contributed by atoms with Crippen molar-refractivity contribution < 1.29 is 33.7 Å². The summed E-state index contributed by atoms with van der Waals surface area (Å²) in [5.41, 5.74) is 2.53. The number of fused-ring (bicyclic) bond motifs is 3. The number of hydrogen-bond donors (Lipinski definition) is 2. The molecule has 0 fully saturated rings. The summed E-state index contributed by atoms with van der Waals surface area (Å²) in [7, 11) is 2.83. The molecule has 0 radical (unpaired) electrons. The molecular weight excluding hydrogens is 474 g/mol.